The van der Waals surface area contributed by atoms with Crippen LogP contribution in [0.1, 0.15) is 25.0 Å². The van der Waals surface area contributed by atoms with Crippen molar-refractivity contribution < 1.29 is 0 Å². The summed E-state index contributed by atoms with van der Waals surface area (Å²) in [6.07, 6.45) is 0. The largest absolute Gasteiger partial charge is 0.0622 e. The second kappa shape index (κ2) is 12.1. The molecule has 0 heteroatoms. The molecule has 1 aliphatic rings. The first-order chi connectivity index (χ1) is 27.0. The van der Waals surface area contributed by atoms with Gasteiger partial charge in [0.1, 0.15) is 0 Å². The molecule has 0 nitrogen and oxygen atoms in total. The molecule has 0 aromatic heterocycles. The van der Waals surface area contributed by atoms with E-state index in [1.807, 2.05) is 0 Å². The minimum Gasteiger partial charge on any atom is -0.0622 e. The van der Waals surface area contributed by atoms with E-state index in [1.54, 1.807) is 0 Å². The number of fused-ring (bicyclic) bond motifs is 8. The van der Waals surface area contributed by atoms with Crippen LogP contribution in [0.2, 0.25) is 0 Å². The van der Waals surface area contributed by atoms with E-state index in [9.17, 15) is 0 Å². The van der Waals surface area contributed by atoms with Gasteiger partial charge in [0, 0.05) is 5.41 Å². The van der Waals surface area contributed by atoms with Crippen molar-refractivity contribution in [2.24, 2.45) is 0 Å². The Hall–Kier alpha value is -6.76. The number of rotatable bonds is 4. The van der Waals surface area contributed by atoms with Crippen LogP contribution in [0.4, 0.5) is 0 Å². The van der Waals surface area contributed by atoms with Crippen molar-refractivity contribution in [2.45, 2.75) is 19.3 Å². The molecule has 0 bridgehead atoms. The van der Waals surface area contributed by atoms with E-state index in [1.165, 1.54) is 110 Å². The quantitative estimate of drug-likeness (QED) is 0.127. The normalized spacial score (nSPS) is 13.1. The van der Waals surface area contributed by atoms with Gasteiger partial charge in [0.25, 0.3) is 0 Å². The summed E-state index contributed by atoms with van der Waals surface area (Å²) in [6.45, 7) is 4.73. The van der Waals surface area contributed by atoms with Crippen LogP contribution in [0.3, 0.4) is 0 Å². The summed E-state index contributed by atoms with van der Waals surface area (Å²) in [5, 5.41) is 10.2. The fourth-order valence-corrected chi connectivity index (χ4v) is 9.52. The maximum atomic E-state index is 2.45. The van der Waals surface area contributed by atoms with Gasteiger partial charge in [-0.2, -0.15) is 0 Å². The highest BCUT2D eigenvalue weighted by molar-refractivity contribution is 6.28. The second-order valence-electron chi connectivity index (χ2n) is 15.7. The Morgan fingerprint density at radius 3 is 1.67 bits per heavy atom. The van der Waals surface area contributed by atoms with Crippen LogP contribution in [0.5, 0.6) is 0 Å². The summed E-state index contributed by atoms with van der Waals surface area (Å²) < 4.78 is 0. The van der Waals surface area contributed by atoms with E-state index in [4.69, 9.17) is 0 Å². The first kappa shape index (κ1) is 31.7. The van der Waals surface area contributed by atoms with Gasteiger partial charge >= 0.3 is 0 Å². The monoisotopic (exact) mass is 698 g/mol. The van der Waals surface area contributed by atoms with Crippen molar-refractivity contribution in [2.75, 3.05) is 0 Å². The van der Waals surface area contributed by atoms with Crippen molar-refractivity contribution in [3.05, 3.63) is 205 Å². The molecule has 1 aliphatic carbocycles. The molecule has 258 valence electrons. The lowest BCUT2D eigenvalue weighted by Crippen LogP contribution is -2.14. The molecule has 10 aromatic rings. The zero-order valence-corrected chi connectivity index (χ0v) is 31.0. The lowest BCUT2D eigenvalue weighted by molar-refractivity contribution is 0.661. The van der Waals surface area contributed by atoms with Gasteiger partial charge in [-0.25, -0.2) is 0 Å². The van der Waals surface area contributed by atoms with E-state index in [0.717, 1.165) is 0 Å². The molecular formula is C55H38. The Morgan fingerprint density at radius 1 is 0.291 bits per heavy atom. The Bertz CT molecular complexity index is 3150. The topological polar surface area (TPSA) is 0 Å². The summed E-state index contributed by atoms with van der Waals surface area (Å²) in [6, 6.07) is 72.3. The average molecular weight is 699 g/mol. The fourth-order valence-electron chi connectivity index (χ4n) is 9.52. The van der Waals surface area contributed by atoms with Crippen molar-refractivity contribution in [3.63, 3.8) is 0 Å². The van der Waals surface area contributed by atoms with Crippen molar-refractivity contribution in [1.29, 1.82) is 0 Å². The van der Waals surface area contributed by atoms with Gasteiger partial charge in [0.05, 0.1) is 0 Å². The third-order valence-corrected chi connectivity index (χ3v) is 12.2. The van der Waals surface area contributed by atoms with Crippen molar-refractivity contribution in [1.82, 2.24) is 0 Å². The van der Waals surface area contributed by atoms with Gasteiger partial charge in [0.2, 0.25) is 0 Å². The molecule has 0 aliphatic heterocycles. The number of hydrogen-bond acceptors (Lipinski definition) is 0. The molecular weight excluding hydrogens is 661 g/mol. The van der Waals surface area contributed by atoms with Gasteiger partial charge in [-0.3, -0.25) is 0 Å². The molecule has 55 heavy (non-hydrogen) atoms. The highest BCUT2D eigenvalue weighted by atomic mass is 14.4. The second-order valence-corrected chi connectivity index (χ2v) is 15.7. The van der Waals surface area contributed by atoms with Gasteiger partial charge in [-0.15, -0.1) is 0 Å². The van der Waals surface area contributed by atoms with E-state index in [2.05, 4.69) is 208 Å². The molecule has 0 saturated heterocycles. The highest BCUT2D eigenvalue weighted by Gasteiger charge is 2.35. The lowest BCUT2D eigenvalue weighted by atomic mass is 9.81. The molecule has 0 fully saturated rings. The smallest absolute Gasteiger partial charge is 0.0159 e. The van der Waals surface area contributed by atoms with Crippen LogP contribution in [0, 0.1) is 0 Å². The van der Waals surface area contributed by atoms with Crippen LogP contribution in [0.15, 0.2) is 194 Å². The fraction of sp³-hybridized carbons (Fsp3) is 0.0545. The molecule has 11 rings (SSSR count). The van der Waals surface area contributed by atoms with Crippen LogP contribution >= 0.6 is 0 Å². The first-order valence-electron chi connectivity index (χ1n) is 19.3. The minimum absolute atomic E-state index is 0.0469. The van der Waals surface area contributed by atoms with Crippen LogP contribution in [-0.2, 0) is 5.41 Å². The predicted molar refractivity (Wildman–Crippen MR) is 236 cm³/mol. The highest BCUT2D eigenvalue weighted by Crippen LogP contribution is 2.51. The van der Waals surface area contributed by atoms with Gasteiger partial charge in [0.15, 0.2) is 0 Å². The zero-order valence-electron chi connectivity index (χ0n) is 31.0. The SMILES string of the molecule is CC1(C)c2ccccc2-c2cc3ccc(-c4cc(-c5ccccc5)cc(-c5c6ccccc6c(-c6ccccc6)c6c5ccc5ccccc56)c4)cc3cc21. The zero-order chi connectivity index (χ0) is 36.7. The Kier molecular flexibility index (Phi) is 7.00. The van der Waals surface area contributed by atoms with E-state index >= 15 is 0 Å². The maximum Gasteiger partial charge on any atom is 0.0159 e. The molecule has 0 saturated carbocycles. The molecule has 0 unspecified atom stereocenters. The van der Waals surface area contributed by atoms with Crippen LogP contribution in [-0.4, -0.2) is 0 Å². The van der Waals surface area contributed by atoms with E-state index in [0.29, 0.717) is 0 Å². The number of hydrogen-bond donors (Lipinski definition) is 0. The summed E-state index contributed by atoms with van der Waals surface area (Å²) in [5.74, 6) is 0. The molecule has 0 spiro atoms. The summed E-state index contributed by atoms with van der Waals surface area (Å²) >= 11 is 0. The summed E-state index contributed by atoms with van der Waals surface area (Å²) in [5.41, 5.74) is 15.4. The molecule has 0 N–H and O–H groups in total. The van der Waals surface area contributed by atoms with Gasteiger partial charge in [-0.05, 0) is 146 Å². The third kappa shape index (κ3) is 4.92. The predicted octanol–water partition coefficient (Wildman–Crippen LogP) is 15.3. The Morgan fingerprint density at radius 2 is 0.891 bits per heavy atom. The van der Waals surface area contributed by atoms with E-state index < -0.39 is 0 Å². The standard InChI is InChI=1S/C55H38/c1-55(2)50-24-14-13-21-45(50)49-33-39-26-25-38(29-42(39)34-51(49)55)41-30-40(35-15-5-3-6-16-35)31-43(32-41)52-46-22-11-12-23-47(46)53(37-18-7-4-8-19-37)54-44-20-10-9-17-36(44)27-28-48(52)54/h3-34H,1-2H3. The summed E-state index contributed by atoms with van der Waals surface area (Å²) in [7, 11) is 0. The number of benzene rings is 10. The van der Waals surface area contributed by atoms with Crippen molar-refractivity contribution >= 4 is 43.1 Å². The molecule has 10 aromatic carbocycles. The molecule has 0 atom stereocenters. The Balaban J connectivity index is 1.20. The van der Waals surface area contributed by atoms with Gasteiger partial charge in [-0.1, -0.05) is 172 Å². The lowest BCUT2D eigenvalue weighted by Gasteiger charge is -2.22. The average Bonchev–Trinajstić information content (AvgIpc) is 3.46. The first-order valence-corrected chi connectivity index (χ1v) is 19.3. The van der Waals surface area contributed by atoms with Gasteiger partial charge < -0.3 is 0 Å². The minimum atomic E-state index is -0.0469. The van der Waals surface area contributed by atoms with Crippen LogP contribution in [0.25, 0.3) is 98.7 Å². The molecule has 0 amide bonds. The molecule has 0 heterocycles. The summed E-state index contributed by atoms with van der Waals surface area (Å²) in [4.78, 5) is 0. The maximum absolute atomic E-state index is 2.45. The van der Waals surface area contributed by atoms with Crippen LogP contribution < -0.4 is 0 Å². The molecule has 0 radical (unpaired) electrons. The Labute approximate surface area is 322 Å². The van der Waals surface area contributed by atoms with Crippen molar-refractivity contribution in [3.8, 4) is 55.6 Å². The third-order valence-electron chi connectivity index (χ3n) is 12.2. The van der Waals surface area contributed by atoms with E-state index in [-0.39, 0.29) is 5.41 Å².